The predicted octanol–water partition coefficient (Wildman–Crippen LogP) is 10.6. The molecule has 0 fully saturated rings. The summed E-state index contributed by atoms with van der Waals surface area (Å²) in [4.78, 5) is 37.5. The molecule has 0 rings (SSSR count). The smallest absolute Gasteiger partial charge is 0.306 e. The third-order valence-electron chi connectivity index (χ3n) is 9.12. The highest BCUT2D eigenvalue weighted by Crippen LogP contribution is 2.38. The molecular weight excluding hydrogens is 729 g/mol. The number of hydrogen-bond acceptors (Lipinski definition) is 9. The zero-order chi connectivity index (χ0) is 41.6. The van der Waals surface area contributed by atoms with E-state index in [0.717, 1.165) is 57.8 Å². The number of quaternary nitrogens is 1. The van der Waals surface area contributed by atoms with Gasteiger partial charge < -0.3 is 33.0 Å². The maximum Gasteiger partial charge on any atom is 0.306 e. The molecule has 326 valence electrons. The number of ether oxygens (including phenoxy) is 2. The second-order valence-electron chi connectivity index (χ2n) is 16.0. The van der Waals surface area contributed by atoms with Crippen LogP contribution in [0.15, 0.2) is 48.6 Å². The van der Waals surface area contributed by atoms with Gasteiger partial charge in [-0.1, -0.05) is 139 Å². The van der Waals surface area contributed by atoms with E-state index in [2.05, 4.69) is 49.5 Å². The largest absolute Gasteiger partial charge is 0.756 e. The van der Waals surface area contributed by atoms with Crippen LogP contribution < -0.4 is 4.89 Å². The van der Waals surface area contributed by atoms with Crippen molar-refractivity contribution in [3.05, 3.63) is 48.6 Å². The van der Waals surface area contributed by atoms with Crippen LogP contribution in [0.5, 0.6) is 0 Å². The van der Waals surface area contributed by atoms with Gasteiger partial charge in [0.25, 0.3) is 7.82 Å². The summed E-state index contributed by atoms with van der Waals surface area (Å²) in [6.07, 6.45) is 39.9. The normalized spacial score (nSPS) is 14.6. The molecule has 0 bridgehead atoms. The Morgan fingerprint density at radius 2 is 1.11 bits per heavy atom. The van der Waals surface area contributed by atoms with Gasteiger partial charge in [0.1, 0.15) is 19.8 Å². The number of aliphatic hydroxyl groups excluding tert-OH is 1. The maximum absolute atomic E-state index is 12.6. The Balaban J connectivity index is 4.46. The highest BCUT2D eigenvalue weighted by atomic mass is 31.2. The molecule has 11 heteroatoms. The Labute approximate surface area is 342 Å². The zero-order valence-electron chi connectivity index (χ0n) is 36.2. The molecule has 10 nitrogen and oxygen atoms in total. The molecule has 0 aliphatic heterocycles. The lowest BCUT2D eigenvalue weighted by Crippen LogP contribution is -2.37. The molecule has 0 spiro atoms. The quantitative estimate of drug-likeness (QED) is 0.0212. The van der Waals surface area contributed by atoms with E-state index in [1.807, 2.05) is 34.1 Å². The lowest BCUT2D eigenvalue weighted by Gasteiger charge is -2.28. The Kier molecular flexibility index (Phi) is 35.8. The summed E-state index contributed by atoms with van der Waals surface area (Å²) >= 11 is 0. The summed E-state index contributed by atoms with van der Waals surface area (Å²) in [6.45, 7) is 3.70. The average Bonchev–Trinajstić information content (AvgIpc) is 3.13. The average molecular weight is 812 g/mol. The molecule has 1 unspecified atom stereocenters. The van der Waals surface area contributed by atoms with Gasteiger partial charge in [0.2, 0.25) is 0 Å². The van der Waals surface area contributed by atoms with Crippen molar-refractivity contribution in [2.45, 2.75) is 180 Å². The number of phosphoric ester groups is 1. The van der Waals surface area contributed by atoms with Crippen LogP contribution in [-0.4, -0.2) is 81.2 Å². The highest BCUT2D eigenvalue weighted by molar-refractivity contribution is 7.45. The molecule has 0 saturated heterocycles. The lowest BCUT2D eigenvalue weighted by atomic mass is 10.0. The molecule has 0 aromatic heterocycles. The van der Waals surface area contributed by atoms with Crippen molar-refractivity contribution >= 4 is 19.8 Å². The van der Waals surface area contributed by atoms with Crippen LogP contribution in [0.3, 0.4) is 0 Å². The first-order valence-electron chi connectivity index (χ1n) is 21.9. The van der Waals surface area contributed by atoms with E-state index in [4.69, 9.17) is 18.5 Å². The summed E-state index contributed by atoms with van der Waals surface area (Å²) in [5.74, 6) is -0.916. The molecule has 0 heterocycles. The predicted molar refractivity (Wildman–Crippen MR) is 228 cm³/mol. The van der Waals surface area contributed by atoms with Gasteiger partial charge >= 0.3 is 11.9 Å². The number of esters is 2. The molecule has 0 saturated carbocycles. The van der Waals surface area contributed by atoms with Crippen LogP contribution in [0.4, 0.5) is 0 Å². The van der Waals surface area contributed by atoms with Gasteiger partial charge in [-0.2, -0.15) is 0 Å². The Hall–Kier alpha value is -2.07. The lowest BCUT2D eigenvalue weighted by molar-refractivity contribution is -0.870. The van der Waals surface area contributed by atoms with Gasteiger partial charge in [0.15, 0.2) is 6.10 Å². The van der Waals surface area contributed by atoms with E-state index >= 15 is 0 Å². The molecule has 3 atom stereocenters. The monoisotopic (exact) mass is 812 g/mol. The number of carbonyl (C=O) groups excluding carboxylic acids is 2. The third-order valence-corrected chi connectivity index (χ3v) is 10.1. The van der Waals surface area contributed by atoms with E-state index < -0.39 is 32.5 Å². The Morgan fingerprint density at radius 1 is 0.643 bits per heavy atom. The van der Waals surface area contributed by atoms with Crippen molar-refractivity contribution < 1.29 is 47.2 Å². The molecule has 0 aromatic carbocycles. The van der Waals surface area contributed by atoms with Gasteiger partial charge in [-0.05, 0) is 64.7 Å². The summed E-state index contributed by atoms with van der Waals surface area (Å²) in [7, 11) is 1.11. The second-order valence-corrected chi connectivity index (χ2v) is 17.4. The SMILES string of the molecule is CCCCCCCCCCCCCCCCC(=O)OC[C@H](COP(=O)([O-])OCC[N+](C)(C)C)OC(=O)CCC/C=C\C/C=C\C/C=C\C/C=C\CCC[C@H](C)O. The number of unbranched alkanes of at least 4 members (excludes halogenated alkanes) is 15. The molecule has 0 amide bonds. The number of likely N-dealkylation sites (N-methyl/N-ethyl adjacent to an activating group) is 1. The van der Waals surface area contributed by atoms with Gasteiger partial charge in [0, 0.05) is 12.8 Å². The van der Waals surface area contributed by atoms with Crippen LogP contribution in [0.25, 0.3) is 0 Å². The fraction of sp³-hybridized carbons (Fsp3) is 0.778. The van der Waals surface area contributed by atoms with E-state index in [1.54, 1.807) is 0 Å². The van der Waals surface area contributed by atoms with Crippen molar-refractivity contribution in [2.75, 3.05) is 47.5 Å². The first-order valence-corrected chi connectivity index (χ1v) is 23.3. The third kappa shape index (κ3) is 41.6. The topological polar surface area (TPSA) is 131 Å². The van der Waals surface area contributed by atoms with Gasteiger partial charge in [-0.15, -0.1) is 0 Å². The van der Waals surface area contributed by atoms with Crippen molar-refractivity contribution in [1.29, 1.82) is 0 Å². The van der Waals surface area contributed by atoms with E-state index in [0.29, 0.717) is 23.9 Å². The van der Waals surface area contributed by atoms with E-state index in [1.165, 1.54) is 70.6 Å². The van der Waals surface area contributed by atoms with Gasteiger partial charge in [-0.3, -0.25) is 14.2 Å². The molecule has 0 aliphatic carbocycles. The highest BCUT2D eigenvalue weighted by Gasteiger charge is 2.21. The van der Waals surface area contributed by atoms with Crippen LogP contribution in [0, 0.1) is 0 Å². The van der Waals surface area contributed by atoms with Crippen LogP contribution >= 0.6 is 7.82 Å². The number of carbonyl (C=O) groups is 2. The van der Waals surface area contributed by atoms with E-state index in [9.17, 15) is 24.2 Å². The number of phosphoric acid groups is 1. The van der Waals surface area contributed by atoms with Crippen molar-refractivity contribution in [3.63, 3.8) is 0 Å². The maximum atomic E-state index is 12.6. The van der Waals surface area contributed by atoms with Crippen molar-refractivity contribution in [3.8, 4) is 0 Å². The van der Waals surface area contributed by atoms with E-state index in [-0.39, 0.29) is 32.2 Å². The fourth-order valence-electron chi connectivity index (χ4n) is 5.67. The minimum Gasteiger partial charge on any atom is -0.756 e. The van der Waals surface area contributed by atoms with Gasteiger partial charge in [0.05, 0.1) is 33.9 Å². The fourth-order valence-corrected chi connectivity index (χ4v) is 6.39. The Morgan fingerprint density at radius 3 is 1.61 bits per heavy atom. The zero-order valence-corrected chi connectivity index (χ0v) is 37.1. The van der Waals surface area contributed by atoms with Crippen molar-refractivity contribution in [2.24, 2.45) is 0 Å². The number of aliphatic hydroxyl groups is 1. The molecular formula is C45H82NO9P. The summed E-state index contributed by atoms with van der Waals surface area (Å²) in [5.41, 5.74) is 0. The number of allylic oxidation sites excluding steroid dienone is 8. The first kappa shape index (κ1) is 53.9. The molecule has 0 aromatic rings. The first-order chi connectivity index (χ1) is 26.8. The second kappa shape index (κ2) is 37.2. The molecule has 1 N–H and O–H groups in total. The minimum atomic E-state index is -4.65. The number of nitrogens with zero attached hydrogens (tertiary/aromatic N) is 1. The Bertz CT molecular complexity index is 1110. The summed E-state index contributed by atoms with van der Waals surface area (Å²) in [5, 5.41) is 9.27. The minimum absolute atomic E-state index is 0.0472. The number of hydrogen-bond donors (Lipinski definition) is 1. The van der Waals surface area contributed by atoms with Crippen molar-refractivity contribution in [1.82, 2.24) is 0 Å². The summed E-state index contributed by atoms with van der Waals surface area (Å²) < 4.78 is 33.8. The molecule has 56 heavy (non-hydrogen) atoms. The van der Waals surface area contributed by atoms with Gasteiger partial charge in [-0.25, -0.2) is 0 Å². The standard InChI is InChI=1S/C45H82NO9P/c1-6-7-8-9-10-11-12-13-18-21-24-27-30-33-36-44(48)52-40-43(41-54-56(50,51)53-39-38-46(3,4)5)55-45(49)37-34-31-28-25-22-19-16-14-15-17-20-23-26-29-32-35-42(2)47/h15-17,19,23,25-26,28,42-43,47H,6-14,18,20-22,24,27,29-41H2,1-5H3/b17-15-,19-16-,26-23-,28-25-/t42-,43+/m0/s1. The molecule has 0 aliphatic rings. The molecule has 0 radical (unpaired) electrons. The van der Waals surface area contributed by atoms with Crippen LogP contribution in [0.2, 0.25) is 0 Å². The van der Waals surface area contributed by atoms with Crippen LogP contribution in [0.1, 0.15) is 168 Å². The van der Waals surface area contributed by atoms with Crippen LogP contribution in [-0.2, 0) is 32.7 Å². The number of rotatable bonds is 39. The summed E-state index contributed by atoms with van der Waals surface area (Å²) in [6, 6.07) is 0.